The molecule has 3 rings (SSSR count). The van der Waals surface area contributed by atoms with Crippen LogP contribution in [0.25, 0.3) is 10.2 Å². The van der Waals surface area contributed by atoms with Crippen molar-refractivity contribution in [3.63, 3.8) is 0 Å². The summed E-state index contributed by atoms with van der Waals surface area (Å²) in [4.78, 5) is 4.65. The number of hydrogen-bond donors (Lipinski definition) is 0. The van der Waals surface area contributed by atoms with E-state index in [9.17, 15) is 0 Å². The van der Waals surface area contributed by atoms with E-state index in [0.717, 1.165) is 11.9 Å². The molecule has 0 fully saturated rings. The highest BCUT2D eigenvalue weighted by Gasteiger charge is 2.03. The molecule has 3 aromatic rings. The van der Waals surface area contributed by atoms with Gasteiger partial charge in [0.15, 0.2) is 0 Å². The van der Waals surface area contributed by atoms with E-state index in [1.807, 2.05) is 6.07 Å². The van der Waals surface area contributed by atoms with E-state index in [0.29, 0.717) is 0 Å². The fraction of sp³-hybridized carbons (Fsp3) is 0.133. The number of nitrogens with zero attached hydrogens (tertiary/aromatic N) is 1. The molecule has 0 aliphatic carbocycles. The Balaban J connectivity index is 1.92. The fourth-order valence-corrected chi connectivity index (χ4v) is 2.88. The van der Waals surface area contributed by atoms with Gasteiger partial charge >= 0.3 is 0 Å². The van der Waals surface area contributed by atoms with Gasteiger partial charge in [0, 0.05) is 6.42 Å². The zero-order valence-electron chi connectivity index (χ0n) is 9.68. The van der Waals surface area contributed by atoms with Crippen LogP contribution in [0.3, 0.4) is 0 Å². The van der Waals surface area contributed by atoms with Gasteiger partial charge in [-0.05, 0) is 24.6 Å². The summed E-state index contributed by atoms with van der Waals surface area (Å²) in [5, 5.41) is 1.19. The molecule has 0 amide bonds. The minimum absolute atomic E-state index is 0.930. The highest BCUT2D eigenvalue weighted by atomic mass is 32.1. The molecule has 0 aliphatic heterocycles. The van der Waals surface area contributed by atoms with E-state index in [1.165, 1.54) is 20.8 Å². The Bertz CT molecular complexity index is 604. The molecule has 1 nitrogen and oxygen atoms in total. The van der Waals surface area contributed by atoms with Gasteiger partial charge in [-0.25, -0.2) is 4.98 Å². The Kier molecular flexibility index (Phi) is 2.65. The van der Waals surface area contributed by atoms with Crippen molar-refractivity contribution in [3.8, 4) is 0 Å². The second-order valence-corrected chi connectivity index (χ2v) is 5.35. The topological polar surface area (TPSA) is 12.9 Å². The molecule has 0 bridgehead atoms. The van der Waals surface area contributed by atoms with E-state index in [-0.39, 0.29) is 0 Å². The zero-order chi connectivity index (χ0) is 11.7. The quantitative estimate of drug-likeness (QED) is 0.653. The van der Waals surface area contributed by atoms with Crippen LogP contribution < -0.4 is 0 Å². The van der Waals surface area contributed by atoms with Crippen LogP contribution in [0.15, 0.2) is 48.5 Å². The van der Waals surface area contributed by atoms with Gasteiger partial charge in [0.2, 0.25) is 0 Å². The van der Waals surface area contributed by atoms with Crippen molar-refractivity contribution in [2.24, 2.45) is 0 Å². The minimum Gasteiger partial charge on any atom is -0.241 e. The van der Waals surface area contributed by atoms with Crippen LogP contribution >= 0.6 is 11.3 Å². The number of benzene rings is 2. The summed E-state index contributed by atoms with van der Waals surface area (Å²) >= 11 is 1.79. The van der Waals surface area contributed by atoms with E-state index in [2.05, 4.69) is 54.4 Å². The molecular weight excluding hydrogens is 226 g/mol. The largest absolute Gasteiger partial charge is 0.241 e. The Morgan fingerprint density at radius 1 is 1.00 bits per heavy atom. The number of rotatable bonds is 2. The van der Waals surface area contributed by atoms with E-state index < -0.39 is 0 Å². The van der Waals surface area contributed by atoms with Crippen molar-refractivity contribution < 1.29 is 0 Å². The minimum atomic E-state index is 0.930. The third kappa shape index (κ3) is 2.22. The zero-order valence-corrected chi connectivity index (χ0v) is 10.5. The van der Waals surface area contributed by atoms with Gasteiger partial charge in [-0.2, -0.15) is 0 Å². The first-order chi connectivity index (χ1) is 8.31. The second-order valence-electron chi connectivity index (χ2n) is 4.24. The van der Waals surface area contributed by atoms with Crippen molar-refractivity contribution in [2.45, 2.75) is 13.3 Å². The summed E-state index contributed by atoms with van der Waals surface area (Å²) in [7, 11) is 0. The Hall–Kier alpha value is -1.67. The molecule has 1 aromatic heterocycles. The molecule has 0 N–H and O–H groups in total. The average Bonchev–Trinajstić information content (AvgIpc) is 2.74. The SMILES string of the molecule is Cc1ccc(Cc2nc3ccccc3s2)cc1. The molecule has 0 saturated carbocycles. The first kappa shape index (κ1) is 10.5. The van der Waals surface area contributed by atoms with Gasteiger partial charge in [0.05, 0.1) is 15.2 Å². The molecule has 17 heavy (non-hydrogen) atoms. The molecule has 0 spiro atoms. The second kappa shape index (κ2) is 4.30. The maximum Gasteiger partial charge on any atom is 0.0982 e. The lowest BCUT2D eigenvalue weighted by molar-refractivity contribution is 1.15. The van der Waals surface area contributed by atoms with Crippen molar-refractivity contribution in [3.05, 3.63) is 64.7 Å². The summed E-state index contributed by atoms with van der Waals surface area (Å²) < 4.78 is 1.27. The normalized spacial score (nSPS) is 10.9. The van der Waals surface area contributed by atoms with Crippen molar-refractivity contribution in [2.75, 3.05) is 0 Å². The Morgan fingerprint density at radius 2 is 1.76 bits per heavy atom. The molecular formula is C15H13NS. The maximum absolute atomic E-state index is 4.65. The average molecular weight is 239 g/mol. The fourth-order valence-electron chi connectivity index (χ4n) is 1.88. The summed E-state index contributed by atoms with van der Waals surface area (Å²) in [5.74, 6) is 0. The van der Waals surface area contributed by atoms with Crippen molar-refractivity contribution in [1.82, 2.24) is 4.98 Å². The summed E-state index contributed by atoms with van der Waals surface area (Å²) in [5.41, 5.74) is 3.74. The Morgan fingerprint density at radius 3 is 2.53 bits per heavy atom. The van der Waals surface area contributed by atoms with Crippen LogP contribution in [-0.2, 0) is 6.42 Å². The smallest absolute Gasteiger partial charge is 0.0982 e. The number of aryl methyl sites for hydroxylation is 1. The number of aromatic nitrogens is 1. The molecule has 0 radical (unpaired) electrons. The highest BCUT2D eigenvalue weighted by Crippen LogP contribution is 2.23. The van der Waals surface area contributed by atoms with Crippen LogP contribution in [0.1, 0.15) is 16.1 Å². The molecule has 2 aromatic carbocycles. The lowest BCUT2D eigenvalue weighted by atomic mass is 10.1. The molecule has 2 heteroatoms. The molecule has 0 aliphatic rings. The van der Waals surface area contributed by atoms with Gasteiger partial charge in [0.25, 0.3) is 0 Å². The van der Waals surface area contributed by atoms with Crippen molar-refractivity contribution in [1.29, 1.82) is 0 Å². The molecule has 0 atom stereocenters. The first-order valence-electron chi connectivity index (χ1n) is 5.71. The molecule has 0 saturated heterocycles. The van der Waals surface area contributed by atoms with Gasteiger partial charge in [-0.1, -0.05) is 42.0 Å². The summed E-state index contributed by atoms with van der Waals surface area (Å²) in [6.07, 6.45) is 0.930. The third-order valence-electron chi connectivity index (χ3n) is 2.81. The Labute approximate surface area is 105 Å². The number of fused-ring (bicyclic) bond motifs is 1. The van der Waals surface area contributed by atoms with Crippen molar-refractivity contribution >= 4 is 21.6 Å². The molecule has 84 valence electrons. The third-order valence-corrected chi connectivity index (χ3v) is 3.85. The lowest BCUT2D eigenvalue weighted by Crippen LogP contribution is -1.86. The van der Waals surface area contributed by atoms with E-state index in [4.69, 9.17) is 0 Å². The van der Waals surface area contributed by atoms with Crippen LogP contribution in [-0.4, -0.2) is 4.98 Å². The van der Waals surface area contributed by atoms with Gasteiger partial charge in [-0.3, -0.25) is 0 Å². The standard InChI is InChI=1S/C15H13NS/c1-11-6-8-12(9-7-11)10-15-16-13-4-2-3-5-14(13)17-15/h2-9H,10H2,1H3. The van der Waals surface area contributed by atoms with Crippen LogP contribution in [0, 0.1) is 6.92 Å². The first-order valence-corrected chi connectivity index (χ1v) is 6.53. The van der Waals surface area contributed by atoms with Gasteiger partial charge in [0.1, 0.15) is 0 Å². The predicted octanol–water partition coefficient (Wildman–Crippen LogP) is 4.20. The molecule has 0 unspecified atom stereocenters. The van der Waals surface area contributed by atoms with Gasteiger partial charge in [-0.15, -0.1) is 11.3 Å². The van der Waals surface area contributed by atoms with Crippen LogP contribution in [0.2, 0.25) is 0 Å². The number of para-hydroxylation sites is 1. The maximum atomic E-state index is 4.65. The monoisotopic (exact) mass is 239 g/mol. The predicted molar refractivity (Wildman–Crippen MR) is 73.6 cm³/mol. The lowest BCUT2D eigenvalue weighted by Gasteiger charge is -1.98. The number of thiazole rings is 1. The van der Waals surface area contributed by atoms with Crippen LogP contribution in [0.5, 0.6) is 0 Å². The van der Waals surface area contributed by atoms with Gasteiger partial charge < -0.3 is 0 Å². The number of hydrogen-bond acceptors (Lipinski definition) is 2. The summed E-state index contributed by atoms with van der Waals surface area (Å²) in [6, 6.07) is 17.0. The van der Waals surface area contributed by atoms with E-state index in [1.54, 1.807) is 11.3 Å². The molecule has 1 heterocycles. The highest BCUT2D eigenvalue weighted by molar-refractivity contribution is 7.18. The van der Waals surface area contributed by atoms with Crippen LogP contribution in [0.4, 0.5) is 0 Å². The van der Waals surface area contributed by atoms with E-state index >= 15 is 0 Å². The summed E-state index contributed by atoms with van der Waals surface area (Å²) in [6.45, 7) is 2.11.